The Labute approximate surface area is 145 Å². The topological polar surface area (TPSA) is 167 Å². The highest BCUT2D eigenvalue weighted by molar-refractivity contribution is 5.91. The zero-order valence-corrected chi connectivity index (χ0v) is 13.7. The largest absolute Gasteiger partial charge is 0.507 e. The number of rotatable bonds is 3. The standard InChI is InChI=1S/2C7H6O3.C3H10N2/c2*8-6-4-2-1-3-5(6)7(9)10;1-3(5)2-4/h2*1-4,8H,(H,9,10);3H,2,4-5H2,1H3. The van der Waals surface area contributed by atoms with E-state index in [0.29, 0.717) is 6.54 Å². The number of benzene rings is 2. The zero-order chi connectivity index (χ0) is 19.4. The summed E-state index contributed by atoms with van der Waals surface area (Å²) in [5.41, 5.74) is 10.1. The molecule has 2 aromatic rings. The van der Waals surface area contributed by atoms with Gasteiger partial charge < -0.3 is 31.9 Å². The van der Waals surface area contributed by atoms with Crippen LogP contribution in [0.4, 0.5) is 0 Å². The molecule has 1 atom stereocenters. The van der Waals surface area contributed by atoms with Crippen molar-refractivity contribution in [1.29, 1.82) is 0 Å². The maximum absolute atomic E-state index is 10.3. The van der Waals surface area contributed by atoms with Crippen LogP contribution in [0, 0.1) is 0 Å². The highest BCUT2D eigenvalue weighted by Gasteiger charge is 2.06. The monoisotopic (exact) mass is 350 g/mol. The molecule has 25 heavy (non-hydrogen) atoms. The molecule has 8 heteroatoms. The first-order valence-corrected chi connectivity index (χ1v) is 7.18. The molecular formula is C17H22N2O6. The fourth-order valence-electron chi connectivity index (χ4n) is 1.31. The van der Waals surface area contributed by atoms with E-state index in [4.69, 9.17) is 31.9 Å². The number of nitrogens with two attached hydrogens (primary N) is 2. The fourth-order valence-corrected chi connectivity index (χ4v) is 1.31. The minimum absolute atomic E-state index is 0.0671. The van der Waals surface area contributed by atoms with Gasteiger partial charge in [0.25, 0.3) is 0 Å². The van der Waals surface area contributed by atoms with Crippen LogP contribution in [0.3, 0.4) is 0 Å². The molecule has 8 nitrogen and oxygen atoms in total. The van der Waals surface area contributed by atoms with E-state index in [2.05, 4.69) is 0 Å². The number of carbonyl (C=O) groups is 2. The molecule has 0 heterocycles. The summed E-state index contributed by atoms with van der Waals surface area (Å²) in [6.45, 7) is 2.46. The summed E-state index contributed by atoms with van der Waals surface area (Å²) in [6.07, 6.45) is 0. The lowest BCUT2D eigenvalue weighted by Gasteiger charge is -1.95. The average Bonchev–Trinajstić information content (AvgIpc) is 2.56. The normalized spacial score (nSPS) is 10.4. The van der Waals surface area contributed by atoms with Crippen LogP contribution in [0.15, 0.2) is 48.5 Å². The van der Waals surface area contributed by atoms with Crippen molar-refractivity contribution < 1.29 is 30.0 Å². The van der Waals surface area contributed by atoms with Crippen molar-refractivity contribution in [2.45, 2.75) is 13.0 Å². The van der Waals surface area contributed by atoms with Crippen LogP contribution in [0.2, 0.25) is 0 Å². The molecule has 0 fully saturated rings. The first-order chi connectivity index (χ1) is 11.7. The van der Waals surface area contributed by atoms with Gasteiger partial charge in [-0.05, 0) is 31.2 Å². The van der Waals surface area contributed by atoms with E-state index in [9.17, 15) is 9.59 Å². The predicted octanol–water partition coefficient (Wildman–Crippen LogP) is 1.47. The number of phenols is 2. The van der Waals surface area contributed by atoms with Crippen LogP contribution in [-0.4, -0.2) is 45.0 Å². The molecule has 8 N–H and O–H groups in total. The highest BCUT2D eigenvalue weighted by Crippen LogP contribution is 2.15. The number of hydrogen-bond acceptors (Lipinski definition) is 6. The summed E-state index contributed by atoms with van der Waals surface area (Å²) in [5.74, 6) is -2.62. The van der Waals surface area contributed by atoms with Gasteiger partial charge in [0, 0.05) is 12.6 Å². The second-order valence-corrected chi connectivity index (χ2v) is 4.86. The van der Waals surface area contributed by atoms with Crippen LogP contribution in [0.1, 0.15) is 27.6 Å². The van der Waals surface area contributed by atoms with Crippen molar-refractivity contribution in [2.24, 2.45) is 11.5 Å². The van der Waals surface area contributed by atoms with Gasteiger partial charge in [0.15, 0.2) is 0 Å². The van der Waals surface area contributed by atoms with E-state index in [1.807, 2.05) is 6.92 Å². The van der Waals surface area contributed by atoms with Gasteiger partial charge >= 0.3 is 11.9 Å². The minimum atomic E-state index is -1.11. The summed E-state index contributed by atoms with van der Waals surface area (Å²) < 4.78 is 0. The van der Waals surface area contributed by atoms with E-state index in [0.717, 1.165) is 0 Å². The van der Waals surface area contributed by atoms with E-state index in [1.165, 1.54) is 24.3 Å². The number of carboxylic acid groups (broad SMARTS) is 2. The van der Waals surface area contributed by atoms with Crippen LogP contribution >= 0.6 is 0 Å². The van der Waals surface area contributed by atoms with Crippen LogP contribution < -0.4 is 11.5 Å². The summed E-state index contributed by atoms with van der Waals surface area (Å²) in [7, 11) is 0. The molecule has 2 rings (SSSR count). The lowest BCUT2D eigenvalue weighted by atomic mass is 10.2. The summed E-state index contributed by atoms with van der Waals surface area (Å²) >= 11 is 0. The predicted molar refractivity (Wildman–Crippen MR) is 92.8 cm³/mol. The first kappa shape index (κ1) is 21.9. The fraction of sp³-hybridized carbons (Fsp3) is 0.176. The molecule has 0 saturated heterocycles. The van der Waals surface area contributed by atoms with Gasteiger partial charge in [-0.1, -0.05) is 24.3 Å². The zero-order valence-electron chi connectivity index (χ0n) is 13.7. The molecule has 0 aliphatic heterocycles. The highest BCUT2D eigenvalue weighted by atomic mass is 16.4. The maximum atomic E-state index is 10.3. The number of aromatic carboxylic acids is 2. The van der Waals surface area contributed by atoms with Crippen molar-refractivity contribution in [1.82, 2.24) is 0 Å². The molecule has 136 valence electrons. The molecule has 0 saturated carbocycles. The van der Waals surface area contributed by atoms with Gasteiger partial charge in [0.1, 0.15) is 22.6 Å². The molecule has 1 unspecified atom stereocenters. The van der Waals surface area contributed by atoms with Gasteiger partial charge in [-0.25, -0.2) is 9.59 Å². The lowest BCUT2D eigenvalue weighted by Crippen LogP contribution is -2.25. The van der Waals surface area contributed by atoms with Crippen molar-refractivity contribution in [3.63, 3.8) is 0 Å². The van der Waals surface area contributed by atoms with E-state index < -0.39 is 11.9 Å². The van der Waals surface area contributed by atoms with Crippen molar-refractivity contribution in [2.75, 3.05) is 6.54 Å². The molecule has 0 spiro atoms. The Kier molecular flexibility index (Phi) is 10.0. The van der Waals surface area contributed by atoms with Crippen molar-refractivity contribution in [3.05, 3.63) is 59.7 Å². The van der Waals surface area contributed by atoms with Crippen LogP contribution in [0.5, 0.6) is 11.5 Å². The Morgan fingerprint density at radius 3 is 1.32 bits per heavy atom. The van der Waals surface area contributed by atoms with Crippen molar-refractivity contribution in [3.8, 4) is 11.5 Å². The van der Waals surface area contributed by atoms with Gasteiger partial charge in [-0.3, -0.25) is 0 Å². The first-order valence-electron chi connectivity index (χ1n) is 7.18. The number of para-hydroxylation sites is 2. The molecule has 0 aromatic heterocycles. The third-order valence-corrected chi connectivity index (χ3v) is 2.64. The third-order valence-electron chi connectivity index (χ3n) is 2.64. The van der Waals surface area contributed by atoms with Crippen molar-refractivity contribution >= 4 is 11.9 Å². The molecule has 0 radical (unpaired) electrons. The Morgan fingerprint density at radius 1 is 0.880 bits per heavy atom. The molecule has 0 amide bonds. The lowest BCUT2D eigenvalue weighted by molar-refractivity contribution is 0.0682. The van der Waals surface area contributed by atoms with E-state index in [1.54, 1.807) is 24.3 Å². The average molecular weight is 350 g/mol. The quantitative estimate of drug-likeness (QED) is 0.484. The number of aromatic hydroxyl groups is 2. The third kappa shape index (κ3) is 8.94. The molecular weight excluding hydrogens is 328 g/mol. The summed E-state index contributed by atoms with van der Waals surface area (Å²) in [4.78, 5) is 20.5. The second kappa shape index (κ2) is 11.4. The minimum Gasteiger partial charge on any atom is -0.507 e. The number of carboxylic acids is 2. The van der Waals surface area contributed by atoms with E-state index >= 15 is 0 Å². The Bertz CT molecular complexity index is 633. The van der Waals surface area contributed by atoms with Crippen LogP contribution in [0.25, 0.3) is 0 Å². The number of hydrogen-bond donors (Lipinski definition) is 6. The Hall–Kier alpha value is -3.10. The van der Waals surface area contributed by atoms with Gasteiger partial charge in [-0.15, -0.1) is 0 Å². The molecule has 2 aromatic carbocycles. The summed E-state index contributed by atoms with van der Waals surface area (Å²) in [6, 6.07) is 11.8. The Balaban J connectivity index is 0.000000368. The van der Waals surface area contributed by atoms with E-state index in [-0.39, 0.29) is 28.7 Å². The second-order valence-electron chi connectivity index (χ2n) is 4.86. The SMILES string of the molecule is CC(N)CN.O=C(O)c1ccccc1O.O=C(O)c1ccccc1O. The molecule has 0 aliphatic rings. The van der Waals surface area contributed by atoms with Gasteiger partial charge in [0.05, 0.1) is 0 Å². The van der Waals surface area contributed by atoms with Gasteiger partial charge in [0.2, 0.25) is 0 Å². The molecule has 0 bridgehead atoms. The maximum Gasteiger partial charge on any atom is 0.339 e. The van der Waals surface area contributed by atoms with Crippen LogP contribution in [-0.2, 0) is 0 Å². The Morgan fingerprint density at radius 2 is 1.16 bits per heavy atom. The van der Waals surface area contributed by atoms with Gasteiger partial charge in [-0.2, -0.15) is 0 Å². The molecule has 0 aliphatic carbocycles. The summed E-state index contributed by atoms with van der Waals surface area (Å²) in [5, 5.41) is 34.6. The smallest absolute Gasteiger partial charge is 0.339 e.